The Morgan fingerprint density at radius 3 is 2.79 bits per heavy atom. The minimum atomic E-state index is -0.789. The third-order valence-electron chi connectivity index (χ3n) is 3.19. The van der Waals surface area contributed by atoms with Crippen LogP contribution in [0.3, 0.4) is 0 Å². The van der Waals surface area contributed by atoms with E-state index in [2.05, 4.69) is 12.2 Å². The lowest BCUT2D eigenvalue weighted by molar-refractivity contribution is -0.139. The first-order valence-electron chi connectivity index (χ1n) is 6.71. The number of ether oxygens (including phenoxy) is 1. The molecular formula is C15H23NO3. The largest absolute Gasteiger partial charge is 0.497 e. The third kappa shape index (κ3) is 4.91. The lowest BCUT2D eigenvalue weighted by Crippen LogP contribution is -2.38. The number of aliphatic carboxylic acids is 1. The Morgan fingerprint density at radius 1 is 1.47 bits per heavy atom. The number of carboxylic acids is 1. The highest BCUT2D eigenvalue weighted by Crippen LogP contribution is 2.19. The molecule has 1 unspecified atom stereocenters. The molecule has 0 heterocycles. The molecule has 1 aromatic carbocycles. The van der Waals surface area contributed by atoms with Crippen molar-refractivity contribution in [1.29, 1.82) is 0 Å². The molecule has 2 N–H and O–H groups in total. The quantitative estimate of drug-likeness (QED) is 0.758. The first-order valence-corrected chi connectivity index (χ1v) is 6.71. The summed E-state index contributed by atoms with van der Waals surface area (Å²) >= 11 is 0. The van der Waals surface area contributed by atoms with Crippen molar-refractivity contribution in [2.24, 2.45) is 0 Å². The monoisotopic (exact) mass is 265 g/mol. The molecule has 106 valence electrons. The third-order valence-corrected chi connectivity index (χ3v) is 3.19. The van der Waals surface area contributed by atoms with Gasteiger partial charge in [0.15, 0.2) is 0 Å². The Balaban J connectivity index is 2.69. The number of rotatable bonds is 8. The fraction of sp³-hybridized carbons (Fsp3) is 0.533. The lowest BCUT2D eigenvalue weighted by atomic mass is 10.0. The van der Waals surface area contributed by atoms with Crippen molar-refractivity contribution in [2.75, 3.05) is 7.11 Å². The highest BCUT2D eigenvalue weighted by atomic mass is 16.5. The number of nitrogens with one attached hydrogen (secondary N) is 1. The number of hydrogen-bond donors (Lipinski definition) is 2. The molecule has 1 rings (SSSR count). The van der Waals surface area contributed by atoms with Crippen LogP contribution in [-0.4, -0.2) is 24.2 Å². The number of methoxy groups -OCH3 is 1. The van der Waals surface area contributed by atoms with Crippen LogP contribution in [0, 0.1) is 0 Å². The van der Waals surface area contributed by atoms with Gasteiger partial charge in [0.1, 0.15) is 11.8 Å². The Kier molecular flexibility index (Phi) is 6.36. The maximum Gasteiger partial charge on any atom is 0.320 e. The van der Waals surface area contributed by atoms with Crippen molar-refractivity contribution < 1.29 is 14.6 Å². The van der Waals surface area contributed by atoms with Crippen molar-refractivity contribution in [2.45, 2.75) is 45.2 Å². The summed E-state index contributed by atoms with van der Waals surface area (Å²) in [5.74, 6) is -0.00483. The Morgan fingerprint density at radius 2 is 2.21 bits per heavy atom. The fourth-order valence-electron chi connectivity index (χ4n) is 2.00. The zero-order valence-corrected chi connectivity index (χ0v) is 11.8. The topological polar surface area (TPSA) is 58.6 Å². The van der Waals surface area contributed by atoms with Crippen LogP contribution in [0.25, 0.3) is 0 Å². The zero-order valence-electron chi connectivity index (χ0n) is 11.8. The molecule has 0 saturated heterocycles. The minimum absolute atomic E-state index is 0.0203. The lowest BCUT2D eigenvalue weighted by Gasteiger charge is -2.20. The number of benzene rings is 1. The van der Waals surface area contributed by atoms with E-state index in [4.69, 9.17) is 4.74 Å². The number of unbranched alkanes of at least 4 members (excludes halogenated alkanes) is 1. The fourth-order valence-corrected chi connectivity index (χ4v) is 2.00. The Bertz CT molecular complexity index is 406. The Labute approximate surface area is 114 Å². The number of carbonyl (C=O) groups is 1. The number of hydrogen-bond acceptors (Lipinski definition) is 3. The van der Waals surface area contributed by atoms with E-state index in [1.807, 2.05) is 31.2 Å². The minimum Gasteiger partial charge on any atom is -0.497 e. The molecule has 0 aromatic heterocycles. The van der Waals surface area contributed by atoms with E-state index in [9.17, 15) is 9.90 Å². The van der Waals surface area contributed by atoms with Gasteiger partial charge in [-0.05, 0) is 31.0 Å². The molecule has 19 heavy (non-hydrogen) atoms. The molecular weight excluding hydrogens is 242 g/mol. The molecule has 0 spiro atoms. The SMILES string of the molecule is CCCCC(N[C@@H](C)c1cccc(OC)c1)C(=O)O. The van der Waals surface area contributed by atoms with Gasteiger partial charge in [0.25, 0.3) is 0 Å². The van der Waals surface area contributed by atoms with Crippen LogP contribution in [0.5, 0.6) is 5.75 Å². The summed E-state index contributed by atoms with van der Waals surface area (Å²) < 4.78 is 5.18. The van der Waals surface area contributed by atoms with E-state index in [-0.39, 0.29) is 6.04 Å². The van der Waals surface area contributed by atoms with Crippen LogP contribution in [0.2, 0.25) is 0 Å². The molecule has 0 saturated carbocycles. The van der Waals surface area contributed by atoms with Gasteiger partial charge in [-0.1, -0.05) is 31.9 Å². The molecule has 0 fully saturated rings. The number of carboxylic acid groups (broad SMARTS) is 1. The standard InChI is InChI=1S/C15H23NO3/c1-4-5-9-14(15(17)18)16-11(2)12-7-6-8-13(10-12)19-3/h6-8,10-11,14,16H,4-5,9H2,1-3H3,(H,17,18)/t11-,14?/m0/s1. The first-order chi connectivity index (χ1) is 9.08. The van der Waals surface area contributed by atoms with Gasteiger partial charge in [-0.3, -0.25) is 10.1 Å². The summed E-state index contributed by atoms with van der Waals surface area (Å²) in [4.78, 5) is 11.2. The maximum atomic E-state index is 11.2. The summed E-state index contributed by atoms with van der Waals surface area (Å²) in [6.45, 7) is 4.03. The van der Waals surface area contributed by atoms with Gasteiger partial charge < -0.3 is 9.84 Å². The van der Waals surface area contributed by atoms with Crippen LogP contribution in [-0.2, 0) is 4.79 Å². The maximum absolute atomic E-state index is 11.2. The Hall–Kier alpha value is -1.55. The van der Waals surface area contributed by atoms with E-state index in [0.717, 1.165) is 24.2 Å². The molecule has 1 aromatic rings. The second-order valence-electron chi connectivity index (χ2n) is 4.70. The van der Waals surface area contributed by atoms with E-state index in [1.165, 1.54) is 0 Å². The zero-order chi connectivity index (χ0) is 14.3. The molecule has 2 atom stereocenters. The van der Waals surface area contributed by atoms with E-state index < -0.39 is 12.0 Å². The molecule has 0 amide bonds. The highest BCUT2D eigenvalue weighted by molar-refractivity contribution is 5.73. The van der Waals surface area contributed by atoms with Crippen molar-refractivity contribution in [1.82, 2.24) is 5.32 Å². The van der Waals surface area contributed by atoms with Crippen LogP contribution in [0.15, 0.2) is 24.3 Å². The highest BCUT2D eigenvalue weighted by Gasteiger charge is 2.19. The average Bonchev–Trinajstić information content (AvgIpc) is 2.42. The van der Waals surface area contributed by atoms with Gasteiger partial charge in [-0.25, -0.2) is 0 Å². The van der Waals surface area contributed by atoms with Crippen LogP contribution >= 0.6 is 0 Å². The summed E-state index contributed by atoms with van der Waals surface area (Å²) in [5, 5.41) is 12.4. The normalized spacial score (nSPS) is 13.8. The van der Waals surface area contributed by atoms with Crippen LogP contribution in [0.4, 0.5) is 0 Å². The van der Waals surface area contributed by atoms with E-state index >= 15 is 0 Å². The van der Waals surface area contributed by atoms with Gasteiger partial charge in [-0.2, -0.15) is 0 Å². The summed E-state index contributed by atoms with van der Waals surface area (Å²) in [7, 11) is 1.62. The van der Waals surface area contributed by atoms with Crippen molar-refractivity contribution >= 4 is 5.97 Å². The summed E-state index contributed by atoms with van der Waals surface area (Å²) in [6, 6.07) is 7.17. The predicted octanol–water partition coefficient (Wildman–Crippen LogP) is 2.99. The van der Waals surface area contributed by atoms with Gasteiger partial charge in [-0.15, -0.1) is 0 Å². The molecule has 4 nitrogen and oxygen atoms in total. The average molecular weight is 265 g/mol. The van der Waals surface area contributed by atoms with Gasteiger partial charge >= 0.3 is 5.97 Å². The van der Waals surface area contributed by atoms with Gasteiger partial charge in [0.2, 0.25) is 0 Å². The summed E-state index contributed by atoms with van der Waals surface area (Å²) in [5.41, 5.74) is 1.03. The molecule has 0 bridgehead atoms. The summed E-state index contributed by atoms with van der Waals surface area (Å²) in [6.07, 6.45) is 2.56. The molecule has 0 aliphatic rings. The molecule has 0 aliphatic carbocycles. The smallest absolute Gasteiger partial charge is 0.320 e. The van der Waals surface area contributed by atoms with Crippen LogP contribution < -0.4 is 10.1 Å². The van der Waals surface area contributed by atoms with Crippen molar-refractivity contribution in [3.8, 4) is 5.75 Å². The van der Waals surface area contributed by atoms with Crippen LogP contribution in [0.1, 0.15) is 44.7 Å². The molecule has 0 aliphatic heterocycles. The van der Waals surface area contributed by atoms with Crippen molar-refractivity contribution in [3.05, 3.63) is 29.8 Å². The van der Waals surface area contributed by atoms with Gasteiger partial charge in [0, 0.05) is 6.04 Å². The second-order valence-corrected chi connectivity index (χ2v) is 4.70. The van der Waals surface area contributed by atoms with E-state index in [0.29, 0.717) is 6.42 Å². The van der Waals surface area contributed by atoms with Crippen molar-refractivity contribution in [3.63, 3.8) is 0 Å². The molecule has 4 heteroatoms. The van der Waals surface area contributed by atoms with Gasteiger partial charge in [0.05, 0.1) is 7.11 Å². The van der Waals surface area contributed by atoms with E-state index in [1.54, 1.807) is 7.11 Å². The second kappa shape index (κ2) is 7.79. The first kappa shape index (κ1) is 15.5. The molecule has 0 radical (unpaired) electrons. The predicted molar refractivity (Wildman–Crippen MR) is 75.5 cm³/mol.